The van der Waals surface area contributed by atoms with Gasteiger partial charge in [0.05, 0.1) is 23.4 Å². The standard InChI is InChI=1S/C27H30N4O2/c1-16-14-31(15-17(2)33-16)27(32)19-9-7-18(8-10-19)26-21-6-4-3-5-20(21)25-22(13-28)23(29)11-12-24(25)30-26/h7-13,16-17,28H,3-6,14-15,29H2,1-2H3. The molecule has 6 heteroatoms. The minimum Gasteiger partial charge on any atom is -0.398 e. The summed E-state index contributed by atoms with van der Waals surface area (Å²) in [5.74, 6) is 0.0446. The highest BCUT2D eigenvalue weighted by Gasteiger charge is 2.27. The summed E-state index contributed by atoms with van der Waals surface area (Å²) in [6.07, 6.45) is 5.62. The predicted octanol–water partition coefficient (Wildman–Crippen LogP) is 4.61. The van der Waals surface area contributed by atoms with Gasteiger partial charge in [-0.05, 0) is 74.9 Å². The molecular formula is C27H30N4O2. The number of nitrogens with zero attached hydrogens (tertiary/aromatic N) is 2. The fourth-order valence-corrected chi connectivity index (χ4v) is 5.36. The monoisotopic (exact) mass is 442 g/mol. The second kappa shape index (κ2) is 8.60. The van der Waals surface area contributed by atoms with Crippen molar-refractivity contribution in [2.45, 2.75) is 51.7 Å². The molecule has 1 aliphatic carbocycles. The van der Waals surface area contributed by atoms with Crippen molar-refractivity contribution in [1.82, 2.24) is 9.88 Å². The number of carbonyl (C=O) groups is 1. The number of rotatable bonds is 3. The summed E-state index contributed by atoms with van der Waals surface area (Å²) in [5, 5.41) is 8.92. The second-order valence-electron chi connectivity index (χ2n) is 9.28. The number of benzene rings is 2. The molecule has 2 unspecified atom stereocenters. The van der Waals surface area contributed by atoms with E-state index >= 15 is 0 Å². The van der Waals surface area contributed by atoms with E-state index in [2.05, 4.69) is 0 Å². The highest BCUT2D eigenvalue weighted by atomic mass is 16.5. The Balaban J connectivity index is 1.54. The summed E-state index contributed by atoms with van der Waals surface area (Å²) >= 11 is 0. The average molecular weight is 443 g/mol. The average Bonchev–Trinajstić information content (AvgIpc) is 2.82. The third-order valence-electron chi connectivity index (χ3n) is 6.80. The molecule has 170 valence electrons. The lowest BCUT2D eigenvalue weighted by molar-refractivity contribution is -0.0586. The molecule has 1 aliphatic heterocycles. The van der Waals surface area contributed by atoms with Crippen LogP contribution in [0.4, 0.5) is 5.69 Å². The van der Waals surface area contributed by atoms with Crippen molar-refractivity contribution in [3.05, 3.63) is 58.7 Å². The summed E-state index contributed by atoms with van der Waals surface area (Å²) in [7, 11) is 0. The smallest absolute Gasteiger partial charge is 0.254 e. The summed E-state index contributed by atoms with van der Waals surface area (Å²) in [4.78, 5) is 20.0. The van der Waals surface area contributed by atoms with E-state index in [1.54, 1.807) is 0 Å². The van der Waals surface area contributed by atoms with Crippen molar-refractivity contribution < 1.29 is 9.53 Å². The lowest BCUT2D eigenvalue weighted by atomic mass is 9.85. The van der Waals surface area contributed by atoms with Gasteiger partial charge in [0.15, 0.2) is 0 Å². The molecule has 2 atom stereocenters. The van der Waals surface area contributed by atoms with Gasteiger partial charge in [0.2, 0.25) is 0 Å². The molecule has 33 heavy (non-hydrogen) atoms. The first kappa shape index (κ1) is 21.6. The van der Waals surface area contributed by atoms with Gasteiger partial charge in [0.25, 0.3) is 5.91 Å². The number of fused-ring (bicyclic) bond motifs is 3. The van der Waals surface area contributed by atoms with Crippen LogP contribution in [0.25, 0.3) is 22.2 Å². The van der Waals surface area contributed by atoms with Crippen molar-refractivity contribution in [2.75, 3.05) is 18.8 Å². The molecule has 3 N–H and O–H groups in total. The summed E-state index contributed by atoms with van der Waals surface area (Å²) < 4.78 is 5.77. The van der Waals surface area contributed by atoms with Gasteiger partial charge in [0.1, 0.15) is 0 Å². The fraction of sp³-hybridized carbons (Fsp3) is 0.370. The van der Waals surface area contributed by atoms with Crippen LogP contribution in [-0.2, 0) is 17.6 Å². The first-order valence-corrected chi connectivity index (χ1v) is 11.8. The van der Waals surface area contributed by atoms with Gasteiger partial charge in [-0.3, -0.25) is 4.79 Å². The molecule has 0 saturated carbocycles. The van der Waals surface area contributed by atoms with Gasteiger partial charge in [-0.2, -0.15) is 0 Å². The van der Waals surface area contributed by atoms with Crippen molar-refractivity contribution in [3.63, 3.8) is 0 Å². The number of nitrogens with one attached hydrogen (secondary N) is 1. The molecule has 0 radical (unpaired) electrons. The topological polar surface area (TPSA) is 92.3 Å². The number of amides is 1. The van der Waals surface area contributed by atoms with Crippen molar-refractivity contribution in [2.24, 2.45) is 0 Å². The maximum atomic E-state index is 13.1. The normalized spacial score (nSPS) is 20.5. The van der Waals surface area contributed by atoms with E-state index < -0.39 is 0 Å². The number of anilines is 1. The van der Waals surface area contributed by atoms with Gasteiger partial charge in [-0.25, -0.2) is 4.98 Å². The first-order chi connectivity index (χ1) is 16.0. The third kappa shape index (κ3) is 3.89. The predicted molar refractivity (Wildman–Crippen MR) is 132 cm³/mol. The van der Waals surface area contributed by atoms with Crippen LogP contribution in [0.3, 0.4) is 0 Å². The molecule has 2 heterocycles. The molecule has 2 aliphatic rings. The van der Waals surface area contributed by atoms with Gasteiger partial charge < -0.3 is 20.8 Å². The van der Waals surface area contributed by atoms with Crippen molar-refractivity contribution >= 4 is 28.7 Å². The number of pyridine rings is 1. The number of hydrogen-bond donors (Lipinski definition) is 2. The lowest BCUT2D eigenvalue weighted by Crippen LogP contribution is -2.48. The molecule has 6 nitrogen and oxygen atoms in total. The van der Waals surface area contributed by atoms with E-state index in [1.807, 2.05) is 55.1 Å². The van der Waals surface area contributed by atoms with E-state index in [4.69, 9.17) is 20.9 Å². The van der Waals surface area contributed by atoms with Crippen molar-refractivity contribution in [1.29, 1.82) is 5.41 Å². The molecule has 2 aromatic carbocycles. The van der Waals surface area contributed by atoms with E-state index in [0.717, 1.165) is 53.4 Å². The maximum absolute atomic E-state index is 13.1. The summed E-state index contributed by atoms with van der Waals surface area (Å²) in [5.41, 5.74) is 13.6. The van der Waals surface area contributed by atoms with E-state index in [-0.39, 0.29) is 18.1 Å². The first-order valence-electron chi connectivity index (χ1n) is 11.8. The van der Waals surface area contributed by atoms with E-state index in [0.29, 0.717) is 24.3 Å². The van der Waals surface area contributed by atoms with Crippen LogP contribution in [0.15, 0.2) is 36.4 Å². The zero-order valence-electron chi connectivity index (χ0n) is 19.2. The number of aromatic nitrogens is 1. The number of nitrogens with two attached hydrogens (primary N) is 1. The molecule has 5 rings (SSSR count). The van der Waals surface area contributed by atoms with Gasteiger partial charge in [-0.15, -0.1) is 0 Å². The molecule has 1 saturated heterocycles. The quantitative estimate of drug-likeness (QED) is 0.458. The Labute approximate surface area is 194 Å². The van der Waals surface area contributed by atoms with Gasteiger partial charge >= 0.3 is 0 Å². The number of ether oxygens (including phenoxy) is 1. The Morgan fingerprint density at radius 2 is 1.73 bits per heavy atom. The van der Waals surface area contributed by atoms with Crippen LogP contribution in [0.1, 0.15) is 53.7 Å². The molecular weight excluding hydrogens is 412 g/mol. The summed E-state index contributed by atoms with van der Waals surface area (Å²) in [6.45, 7) is 5.24. The number of aryl methyl sites for hydroxylation is 1. The van der Waals surface area contributed by atoms with Crippen LogP contribution in [-0.4, -0.2) is 47.3 Å². The van der Waals surface area contributed by atoms with Gasteiger partial charge in [0, 0.05) is 47.1 Å². The summed E-state index contributed by atoms with van der Waals surface area (Å²) in [6, 6.07) is 11.6. The Morgan fingerprint density at radius 1 is 1.06 bits per heavy atom. The van der Waals surface area contributed by atoms with Crippen LogP contribution < -0.4 is 5.73 Å². The fourth-order valence-electron chi connectivity index (χ4n) is 5.36. The zero-order valence-corrected chi connectivity index (χ0v) is 19.2. The third-order valence-corrected chi connectivity index (χ3v) is 6.80. The van der Waals surface area contributed by atoms with Crippen LogP contribution >= 0.6 is 0 Å². The van der Waals surface area contributed by atoms with Crippen LogP contribution in [0, 0.1) is 5.41 Å². The van der Waals surface area contributed by atoms with Crippen LogP contribution in [0.2, 0.25) is 0 Å². The van der Waals surface area contributed by atoms with E-state index in [9.17, 15) is 4.79 Å². The van der Waals surface area contributed by atoms with Crippen molar-refractivity contribution in [3.8, 4) is 11.3 Å². The Kier molecular flexibility index (Phi) is 5.62. The lowest BCUT2D eigenvalue weighted by Gasteiger charge is -2.35. The highest BCUT2D eigenvalue weighted by molar-refractivity contribution is 6.05. The minimum atomic E-state index is 0.0446. The Bertz CT molecular complexity index is 1230. The molecule has 1 fully saturated rings. The largest absolute Gasteiger partial charge is 0.398 e. The minimum absolute atomic E-state index is 0.0446. The molecule has 1 aromatic heterocycles. The Hall–Kier alpha value is -3.25. The number of morpholine rings is 1. The van der Waals surface area contributed by atoms with Gasteiger partial charge in [-0.1, -0.05) is 12.1 Å². The van der Waals surface area contributed by atoms with Crippen LogP contribution in [0.5, 0.6) is 0 Å². The zero-order chi connectivity index (χ0) is 23.1. The second-order valence-corrected chi connectivity index (χ2v) is 9.28. The maximum Gasteiger partial charge on any atom is 0.254 e. The molecule has 1 amide bonds. The number of hydrogen-bond acceptors (Lipinski definition) is 5. The SMILES string of the molecule is CC1CN(C(=O)c2ccc(-c3nc4ccc(N)c(C=N)c4c4c3CCCC4)cc2)CC(C)O1. The van der Waals surface area contributed by atoms with E-state index in [1.165, 1.54) is 17.3 Å². The molecule has 3 aromatic rings. The Morgan fingerprint density at radius 3 is 2.39 bits per heavy atom. The molecule has 0 bridgehead atoms. The highest BCUT2D eigenvalue weighted by Crippen LogP contribution is 2.37. The molecule has 0 spiro atoms. The number of nitrogen functional groups attached to an aromatic ring is 1. The number of carbonyl (C=O) groups excluding carboxylic acids is 1.